The summed E-state index contributed by atoms with van der Waals surface area (Å²) in [6.07, 6.45) is 0. The fourth-order valence-corrected chi connectivity index (χ4v) is 12.7. The third kappa shape index (κ3) is 5.88. The zero-order valence-electron chi connectivity index (χ0n) is 40.5. The molecule has 11 aromatic carbocycles. The summed E-state index contributed by atoms with van der Waals surface area (Å²) in [5.41, 5.74) is 17.4. The second-order valence-corrected chi connectivity index (χ2v) is 19.5. The minimum Gasteiger partial charge on any atom is -0.309 e. The smallest absolute Gasteiger partial charge is 0.123 e. The Morgan fingerprint density at radius 3 is 1.07 bits per heavy atom. The van der Waals surface area contributed by atoms with Crippen molar-refractivity contribution < 1.29 is 8.78 Å². The van der Waals surface area contributed by atoms with Gasteiger partial charge in [-0.15, -0.1) is 0 Å². The van der Waals surface area contributed by atoms with E-state index in [4.69, 9.17) is 0 Å². The molecule has 15 aromatic rings. The summed E-state index contributed by atoms with van der Waals surface area (Å²) in [7, 11) is 0. The molecule has 74 heavy (non-hydrogen) atoms. The first-order valence-electron chi connectivity index (χ1n) is 25.2. The lowest BCUT2D eigenvalue weighted by molar-refractivity contribution is 0.628. The molecule has 350 valence electrons. The Kier molecular flexibility index (Phi) is 9.12. The normalized spacial score (nSPS) is 12.1. The summed E-state index contributed by atoms with van der Waals surface area (Å²) in [5.74, 6) is -0.685. The van der Waals surface area contributed by atoms with Gasteiger partial charge in [-0.05, 0) is 121 Å². The van der Waals surface area contributed by atoms with Crippen molar-refractivity contribution in [3.63, 3.8) is 0 Å². The van der Waals surface area contributed by atoms with E-state index in [9.17, 15) is 0 Å². The Labute approximate surface area is 424 Å². The zero-order valence-corrected chi connectivity index (χ0v) is 40.5. The maximum atomic E-state index is 16.3. The topological polar surface area (TPSA) is 19.7 Å². The van der Waals surface area contributed by atoms with Gasteiger partial charge in [0.2, 0.25) is 0 Å². The number of rotatable bonds is 6. The molecule has 0 aliphatic heterocycles. The first kappa shape index (κ1) is 42.2. The van der Waals surface area contributed by atoms with Crippen LogP contribution in [0.4, 0.5) is 8.78 Å². The molecule has 0 saturated carbocycles. The second kappa shape index (κ2) is 16.0. The van der Waals surface area contributed by atoms with E-state index in [1.807, 2.05) is 12.1 Å². The van der Waals surface area contributed by atoms with Gasteiger partial charge in [0, 0.05) is 65.6 Å². The first-order chi connectivity index (χ1) is 36.4. The predicted molar refractivity (Wildman–Crippen MR) is 304 cm³/mol. The van der Waals surface area contributed by atoms with E-state index in [2.05, 4.69) is 214 Å². The molecule has 4 nitrogen and oxygen atoms in total. The molecule has 0 bridgehead atoms. The summed E-state index contributed by atoms with van der Waals surface area (Å²) in [6, 6.07) is 78.6. The van der Waals surface area contributed by atoms with Gasteiger partial charge in [-0.2, -0.15) is 0 Å². The van der Waals surface area contributed by atoms with Crippen LogP contribution in [0, 0.1) is 25.5 Å². The highest BCUT2D eigenvalue weighted by molar-refractivity contribution is 6.28. The molecule has 0 spiro atoms. The van der Waals surface area contributed by atoms with E-state index in [1.165, 1.54) is 12.1 Å². The number of para-hydroxylation sites is 6. The summed E-state index contributed by atoms with van der Waals surface area (Å²) < 4.78 is 42.1. The zero-order chi connectivity index (χ0) is 49.3. The van der Waals surface area contributed by atoms with Gasteiger partial charge in [-0.1, -0.05) is 146 Å². The minimum atomic E-state index is -0.342. The number of benzene rings is 11. The Balaban J connectivity index is 1.18. The Bertz CT molecular complexity index is 4750. The molecule has 4 aromatic heterocycles. The van der Waals surface area contributed by atoms with E-state index >= 15 is 8.78 Å². The summed E-state index contributed by atoms with van der Waals surface area (Å²) >= 11 is 0. The van der Waals surface area contributed by atoms with Crippen molar-refractivity contribution in [1.82, 2.24) is 18.3 Å². The average molecular weight is 955 g/mol. The van der Waals surface area contributed by atoms with Crippen molar-refractivity contribution in [2.45, 2.75) is 13.8 Å². The molecule has 4 heterocycles. The lowest BCUT2D eigenvalue weighted by Crippen LogP contribution is -2.10. The molecular formula is C68H44F2N4. The molecular weight excluding hydrogens is 911 g/mol. The van der Waals surface area contributed by atoms with Crippen molar-refractivity contribution in [2.24, 2.45) is 0 Å². The van der Waals surface area contributed by atoms with Crippen molar-refractivity contribution in [2.75, 3.05) is 0 Å². The van der Waals surface area contributed by atoms with E-state index in [1.54, 1.807) is 24.3 Å². The standard InChI is InChI=1S/C68H44F2N4/c1-41-61(43-19-17-21-45(69)39-43)68(74-56-32-14-10-28-50(56)52-36-38-60-64(67(52)74)54-30-12-16-34-58(54)72(60)48-25-7-4-8-26-48)62(44-20-18-22-46(70)40-44)42(2)65(41)73-55-31-13-9-27-49(55)51-35-37-59-63(66(51)73)53-29-11-15-33-57(53)71(59)47-23-5-3-6-24-47/h3-40H,1-2H3. The Hall–Kier alpha value is -9.52. The molecule has 0 N–H and O–H groups in total. The second-order valence-electron chi connectivity index (χ2n) is 19.5. The van der Waals surface area contributed by atoms with Crippen molar-refractivity contribution >= 4 is 87.2 Å². The van der Waals surface area contributed by atoms with Crippen molar-refractivity contribution in [3.05, 3.63) is 253 Å². The third-order valence-electron chi connectivity index (χ3n) is 15.6. The number of nitrogens with zero attached hydrogens (tertiary/aromatic N) is 4. The molecule has 0 unspecified atom stereocenters. The third-order valence-corrected chi connectivity index (χ3v) is 15.6. The van der Waals surface area contributed by atoms with Crippen LogP contribution in [0.1, 0.15) is 11.1 Å². The lowest BCUT2D eigenvalue weighted by Gasteiger charge is -2.27. The number of aromatic nitrogens is 4. The van der Waals surface area contributed by atoms with Gasteiger partial charge in [0.25, 0.3) is 0 Å². The van der Waals surface area contributed by atoms with E-state index in [0.29, 0.717) is 11.1 Å². The van der Waals surface area contributed by atoms with Gasteiger partial charge in [-0.25, -0.2) is 8.78 Å². The van der Waals surface area contributed by atoms with Crippen LogP contribution in [0.3, 0.4) is 0 Å². The molecule has 0 atom stereocenters. The van der Waals surface area contributed by atoms with Crippen LogP contribution in [0.2, 0.25) is 0 Å². The maximum absolute atomic E-state index is 16.3. The largest absolute Gasteiger partial charge is 0.309 e. The van der Waals surface area contributed by atoms with E-state index < -0.39 is 0 Å². The quantitative estimate of drug-likeness (QED) is 0.158. The van der Waals surface area contributed by atoms with Gasteiger partial charge in [-0.3, -0.25) is 0 Å². The highest BCUT2D eigenvalue weighted by Crippen LogP contribution is 2.51. The number of hydrogen-bond donors (Lipinski definition) is 0. The summed E-state index contributed by atoms with van der Waals surface area (Å²) in [4.78, 5) is 0. The molecule has 15 rings (SSSR count). The molecule has 0 aliphatic carbocycles. The average Bonchev–Trinajstić information content (AvgIpc) is 4.26. The summed E-state index contributed by atoms with van der Waals surface area (Å²) in [6.45, 7) is 4.39. The molecule has 0 saturated heterocycles. The van der Waals surface area contributed by atoms with Gasteiger partial charge < -0.3 is 18.3 Å². The van der Waals surface area contributed by atoms with Crippen LogP contribution in [0.25, 0.3) is 132 Å². The SMILES string of the molecule is Cc1c(-c2cccc(F)c2)c(-n2c3ccccc3c3ccc4c(c5ccccc5n4-c4ccccc4)c32)c(-c2cccc(F)c2)c(C)c1-n1c2ccccc2c2ccc3c(c4ccccc4n3-c3ccccc3)c21. The van der Waals surface area contributed by atoms with Gasteiger partial charge in [0.1, 0.15) is 11.6 Å². The van der Waals surface area contributed by atoms with Crippen LogP contribution in [-0.4, -0.2) is 18.3 Å². The van der Waals surface area contributed by atoms with Crippen molar-refractivity contribution in [1.29, 1.82) is 0 Å². The van der Waals surface area contributed by atoms with Crippen LogP contribution < -0.4 is 0 Å². The van der Waals surface area contributed by atoms with E-state index in [0.717, 1.165) is 132 Å². The predicted octanol–water partition coefficient (Wildman–Crippen LogP) is 18.3. The highest BCUT2D eigenvalue weighted by atomic mass is 19.1. The fraction of sp³-hybridized carbons (Fsp3) is 0.0294. The molecule has 0 aliphatic rings. The van der Waals surface area contributed by atoms with Gasteiger partial charge in [0.15, 0.2) is 0 Å². The molecule has 0 radical (unpaired) electrons. The van der Waals surface area contributed by atoms with Crippen LogP contribution in [0.15, 0.2) is 231 Å². The molecule has 6 heteroatoms. The molecule has 0 amide bonds. The molecule has 0 fully saturated rings. The highest BCUT2D eigenvalue weighted by Gasteiger charge is 2.31. The number of halogens is 2. The van der Waals surface area contributed by atoms with E-state index in [-0.39, 0.29) is 11.6 Å². The minimum absolute atomic E-state index is 0.342. The van der Waals surface area contributed by atoms with Crippen molar-refractivity contribution in [3.8, 4) is 45.0 Å². The van der Waals surface area contributed by atoms with Crippen LogP contribution >= 0.6 is 0 Å². The van der Waals surface area contributed by atoms with Gasteiger partial charge >= 0.3 is 0 Å². The van der Waals surface area contributed by atoms with Crippen LogP contribution in [0.5, 0.6) is 0 Å². The number of hydrogen-bond acceptors (Lipinski definition) is 0. The first-order valence-corrected chi connectivity index (χ1v) is 25.2. The lowest BCUT2D eigenvalue weighted by atomic mass is 9.86. The van der Waals surface area contributed by atoms with Crippen LogP contribution in [-0.2, 0) is 0 Å². The number of fused-ring (bicyclic) bond motifs is 14. The summed E-state index contributed by atoms with van der Waals surface area (Å²) in [5, 5.41) is 8.85. The monoisotopic (exact) mass is 954 g/mol. The maximum Gasteiger partial charge on any atom is 0.123 e. The fourth-order valence-electron chi connectivity index (χ4n) is 12.7. The Morgan fingerprint density at radius 2 is 0.649 bits per heavy atom. The Morgan fingerprint density at radius 1 is 0.284 bits per heavy atom. The van der Waals surface area contributed by atoms with Gasteiger partial charge in [0.05, 0.1) is 55.5 Å².